The number of amides is 1. The first-order valence-electron chi connectivity index (χ1n) is 11.0. The van der Waals surface area contributed by atoms with Gasteiger partial charge in [-0.2, -0.15) is 0 Å². The van der Waals surface area contributed by atoms with Gasteiger partial charge in [0, 0.05) is 29.9 Å². The molecule has 0 bridgehead atoms. The van der Waals surface area contributed by atoms with Crippen LogP contribution >= 0.6 is 35.8 Å². The Morgan fingerprint density at radius 2 is 1.94 bits per heavy atom. The van der Waals surface area contributed by atoms with Crippen molar-refractivity contribution in [1.29, 1.82) is 0 Å². The van der Waals surface area contributed by atoms with Crippen LogP contribution in [0, 0.1) is 0 Å². The molecule has 0 atom stereocenters. The number of rotatable bonds is 5. The molecule has 1 aliphatic heterocycles. The van der Waals surface area contributed by atoms with Gasteiger partial charge in [-0.25, -0.2) is 0 Å². The van der Waals surface area contributed by atoms with Crippen molar-refractivity contribution in [2.75, 3.05) is 20.1 Å². The van der Waals surface area contributed by atoms with Crippen molar-refractivity contribution in [3.05, 3.63) is 57.9 Å². The van der Waals surface area contributed by atoms with E-state index >= 15 is 0 Å². The van der Waals surface area contributed by atoms with E-state index in [1.165, 1.54) is 35.3 Å². The zero-order valence-corrected chi connectivity index (χ0v) is 20.4. The van der Waals surface area contributed by atoms with Gasteiger partial charge in [-0.05, 0) is 68.1 Å². The summed E-state index contributed by atoms with van der Waals surface area (Å²) >= 11 is 8.29. The van der Waals surface area contributed by atoms with E-state index in [0.29, 0.717) is 11.6 Å². The molecule has 0 radical (unpaired) electrons. The first-order valence-corrected chi connectivity index (χ1v) is 12.4. The Morgan fingerprint density at radius 1 is 1.16 bits per heavy atom. The predicted octanol–water partition coefficient (Wildman–Crippen LogP) is 5.54. The van der Waals surface area contributed by atoms with Crippen molar-refractivity contribution in [2.24, 2.45) is 0 Å². The van der Waals surface area contributed by atoms with E-state index in [1.54, 1.807) is 18.0 Å². The van der Waals surface area contributed by atoms with Crippen LogP contribution in [0.25, 0.3) is 0 Å². The predicted molar refractivity (Wildman–Crippen MR) is 132 cm³/mol. The van der Waals surface area contributed by atoms with Gasteiger partial charge in [0.05, 0.1) is 16.3 Å². The van der Waals surface area contributed by atoms with Crippen molar-refractivity contribution in [2.45, 2.75) is 61.6 Å². The molecule has 168 valence electrons. The largest absolute Gasteiger partial charge is 0.339 e. The number of thioether (sulfide) groups is 1. The summed E-state index contributed by atoms with van der Waals surface area (Å²) in [5.74, 6) is 0.828. The number of carbonyl (C=O) groups excluding carboxylic acids is 1. The van der Waals surface area contributed by atoms with Crippen LogP contribution in [0.3, 0.4) is 0 Å². The lowest BCUT2D eigenvalue weighted by Gasteiger charge is -2.31. The van der Waals surface area contributed by atoms with Crippen molar-refractivity contribution in [3.63, 3.8) is 0 Å². The number of aromatic nitrogens is 1. The Kier molecular flexibility index (Phi) is 9.08. The Labute approximate surface area is 200 Å². The summed E-state index contributed by atoms with van der Waals surface area (Å²) in [6.45, 7) is 2.01. The molecule has 0 spiro atoms. The Balaban J connectivity index is 0.00000272. The molecule has 1 amide bonds. The topological polar surface area (TPSA) is 45.2 Å². The smallest absolute Gasteiger partial charge is 0.255 e. The Bertz CT molecular complexity index is 885. The fourth-order valence-electron chi connectivity index (χ4n) is 4.49. The molecular formula is C24H31Cl2N3OS. The highest BCUT2D eigenvalue weighted by Crippen LogP contribution is 2.35. The molecule has 1 fully saturated rings. The zero-order chi connectivity index (χ0) is 20.9. The molecule has 1 aromatic heterocycles. The van der Waals surface area contributed by atoms with Crippen LogP contribution in [0.2, 0.25) is 5.02 Å². The van der Waals surface area contributed by atoms with Crippen LogP contribution in [-0.4, -0.2) is 42.0 Å². The summed E-state index contributed by atoms with van der Waals surface area (Å²) in [5, 5.41) is 4.28. The van der Waals surface area contributed by atoms with Gasteiger partial charge in [0.1, 0.15) is 0 Å². The lowest BCUT2D eigenvalue weighted by molar-refractivity contribution is 0.0696. The molecule has 4 nitrogen and oxygen atoms in total. The van der Waals surface area contributed by atoms with Crippen molar-refractivity contribution < 1.29 is 4.79 Å². The molecule has 4 rings (SSSR count). The standard InChI is InChI=1S/C24H30ClN3OS.ClH/c1-28(20-5-3-2-4-6-20)24(29)18-7-9-19(27-15-18)16-30-23-21-12-14-26-13-11-17(21)8-10-22(23)25;/h7-10,15,20,26H,2-6,11-14,16H2,1H3;1H. The number of hydrogen-bond donors (Lipinski definition) is 1. The highest BCUT2D eigenvalue weighted by atomic mass is 35.5. The lowest BCUT2D eigenvalue weighted by atomic mass is 9.94. The maximum atomic E-state index is 12.8. The lowest BCUT2D eigenvalue weighted by Crippen LogP contribution is -2.38. The molecule has 31 heavy (non-hydrogen) atoms. The second-order valence-electron chi connectivity index (χ2n) is 8.30. The van der Waals surface area contributed by atoms with Crippen molar-refractivity contribution in [3.8, 4) is 0 Å². The van der Waals surface area contributed by atoms with Crippen LogP contribution in [0.15, 0.2) is 35.4 Å². The van der Waals surface area contributed by atoms with Gasteiger partial charge in [0.25, 0.3) is 5.91 Å². The first kappa shape index (κ1) is 24.4. The quantitative estimate of drug-likeness (QED) is 0.571. The summed E-state index contributed by atoms with van der Waals surface area (Å²) in [4.78, 5) is 20.5. The number of pyridine rings is 1. The van der Waals surface area contributed by atoms with Crippen LogP contribution in [0.5, 0.6) is 0 Å². The minimum absolute atomic E-state index is 0. The SMILES string of the molecule is CN(C(=O)c1ccc(CSc2c(Cl)ccc3c2CCNCC3)nc1)C1CCCCC1.Cl. The van der Waals surface area contributed by atoms with Crippen LogP contribution in [0.4, 0.5) is 0 Å². The van der Waals surface area contributed by atoms with Crippen LogP contribution in [0.1, 0.15) is 59.3 Å². The summed E-state index contributed by atoms with van der Waals surface area (Å²) in [5.41, 5.74) is 4.41. The summed E-state index contributed by atoms with van der Waals surface area (Å²) < 4.78 is 0. The van der Waals surface area contributed by atoms with Gasteiger partial charge < -0.3 is 10.2 Å². The number of nitrogens with one attached hydrogen (secondary N) is 1. The minimum atomic E-state index is 0. The molecular weight excluding hydrogens is 449 g/mol. The highest BCUT2D eigenvalue weighted by Gasteiger charge is 2.23. The van der Waals surface area contributed by atoms with Crippen LogP contribution < -0.4 is 5.32 Å². The molecule has 1 aromatic carbocycles. The van der Waals surface area contributed by atoms with E-state index in [4.69, 9.17) is 11.6 Å². The first-order chi connectivity index (χ1) is 14.6. The molecule has 1 aliphatic carbocycles. The van der Waals surface area contributed by atoms with Crippen LogP contribution in [-0.2, 0) is 18.6 Å². The maximum Gasteiger partial charge on any atom is 0.255 e. The number of carbonyl (C=O) groups is 1. The fourth-order valence-corrected chi connectivity index (χ4v) is 5.90. The number of hydrogen-bond acceptors (Lipinski definition) is 4. The van der Waals surface area contributed by atoms with Crippen molar-refractivity contribution >= 4 is 41.7 Å². The molecule has 2 heterocycles. The summed E-state index contributed by atoms with van der Waals surface area (Å²) in [7, 11) is 1.93. The van der Waals surface area contributed by atoms with E-state index in [0.717, 1.165) is 55.2 Å². The van der Waals surface area contributed by atoms with Gasteiger partial charge in [-0.15, -0.1) is 24.2 Å². The van der Waals surface area contributed by atoms with E-state index in [9.17, 15) is 4.79 Å². The summed E-state index contributed by atoms with van der Waals surface area (Å²) in [6.07, 6.45) is 9.74. The second-order valence-corrected chi connectivity index (χ2v) is 9.69. The molecule has 7 heteroatoms. The van der Waals surface area contributed by atoms with E-state index in [-0.39, 0.29) is 18.3 Å². The highest BCUT2D eigenvalue weighted by molar-refractivity contribution is 7.98. The normalized spacial score (nSPS) is 16.7. The van der Waals surface area contributed by atoms with E-state index in [1.807, 2.05) is 30.1 Å². The molecule has 1 saturated carbocycles. The van der Waals surface area contributed by atoms with Gasteiger partial charge in [-0.1, -0.05) is 36.9 Å². The van der Waals surface area contributed by atoms with E-state index < -0.39 is 0 Å². The minimum Gasteiger partial charge on any atom is -0.339 e. The van der Waals surface area contributed by atoms with Gasteiger partial charge in [0.2, 0.25) is 0 Å². The molecule has 1 N–H and O–H groups in total. The summed E-state index contributed by atoms with van der Waals surface area (Å²) in [6, 6.07) is 8.44. The van der Waals surface area contributed by atoms with Crippen molar-refractivity contribution in [1.82, 2.24) is 15.2 Å². The average Bonchev–Trinajstić information content (AvgIpc) is 3.04. The number of halogens is 2. The number of nitrogens with zero attached hydrogens (tertiary/aromatic N) is 2. The molecule has 0 unspecified atom stereocenters. The Hall–Kier alpha value is -1.27. The fraction of sp³-hybridized carbons (Fsp3) is 0.500. The molecule has 2 aliphatic rings. The van der Waals surface area contributed by atoms with Gasteiger partial charge in [-0.3, -0.25) is 9.78 Å². The van der Waals surface area contributed by atoms with Gasteiger partial charge >= 0.3 is 0 Å². The third kappa shape index (κ3) is 5.95. The molecule has 2 aromatic rings. The Morgan fingerprint density at radius 3 is 2.68 bits per heavy atom. The average molecular weight is 481 g/mol. The monoisotopic (exact) mass is 479 g/mol. The third-order valence-electron chi connectivity index (χ3n) is 6.31. The maximum absolute atomic E-state index is 12.8. The zero-order valence-electron chi connectivity index (χ0n) is 18.0. The number of benzene rings is 1. The molecule has 0 saturated heterocycles. The van der Waals surface area contributed by atoms with Gasteiger partial charge in [0.15, 0.2) is 0 Å². The third-order valence-corrected chi connectivity index (χ3v) is 7.93. The van der Waals surface area contributed by atoms with E-state index in [2.05, 4.69) is 16.4 Å². The second kappa shape index (κ2) is 11.6. The number of fused-ring (bicyclic) bond motifs is 1.